The second-order valence-corrected chi connectivity index (χ2v) is 8.09. The molecular weight excluding hydrogens is 489 g/mol. The molecule has 0 bridgehead atoms. The van der Waals surface area contributed by atoms with Crippen LogP contribution in [-0.4, -0.2) is 74.2 Å². The fourth-order valence-corrected chi connectivity index (χ4v) is 3.33. The first-order chi connectivity index (χ1) is 18.2. The Hall–Kier alpha value is -4.25. The highest BCUT2D eigenvalue weighted by molar-refractivity contribution is 6.02. The highest BCUT2D eigenvalue weighted by Gasteiger charge is 2.17. The maximum Gasteiger partial charge on any atom is 0.247 e. The first kappa shape index (κ1) is 30.0. The Balaban J connectivity index is 0.00000247. The van der Waals surface area contributed by atoms with E-state index in [0.29, 0.717) is 22.7 Å². The average Bonchev–Trinajstić information content (AvgIpc) is 2.93. The van der Waals surface area contributed by atoms with E-state index < -0.39 is 5.82 Å². The molecule has 0 fully saturated rings. The van der Waals surface area contributed by atoms with E-state index in [2.05, 4.69) is 37.1 Å². The molecule has 3 rings (SSSR count). The second-order valence-electron chi connectivity index (χ2n) is 8.09. The molecule has 11 heteroatoms. The lowest BCUT2D eigenvalue weighted by atomic mass is 10.2. The number of hydrogen-bond acceptors (Lipinski definition) is 9. The summed E-state index contributed by atoms with van der Waals surface area (Å²) in [6, 6.07) is 8.00. The van der Waals surface area contributed by atoms with Crippen molar-refractivity contribution in [3.05, 3.63) is 55.1 Å². The molecule has 0 aliphatic rings. The number of likely N-dealkylation sites (N-methyl/N-ethyl adjacent to an activating group) is 2. The Morgan fingerprint density at radius 1 is 1.03 bits per heavy atom. The third kappa shape index (κ3) is 7.87. The second kappa shape index (κ2) is 14.5. The van der Waals surface area contributed by atoms with E-state index in [9.17, 15) is 9.18 Å². The summed E-state index contributed by atoms with van der Waals surface area (Å²) in [4.78, 5) is 29.0. The van der Waals surface area contributed by atoms with Gasteiger partial charge in [0.05, 0.1) is 31.3 Å². The number of aromatic nitrogens is 3. The number of nitrogens with one attached hydrogen (secondary N) is 2. The Morgan fingerprint density at radius 3 is 2.34 bits per heavy atom. The third-order valence-electron chi connectivity index (χ3n) is 5.28. The zero-order valence-electron chi connectivity index (χ0n) is 23.0. The van der Waals surface area contributed by atoms with Crippen LogP contribution in [0.25, 0.3) is 11.4 Å². The van der Waals surface area contributed by atoms with Gasteiger partial charge in [-0.25, -0.2) is 14.4 Å². The minimum atomic E-state index is -0.525. The molecule has 0 saturated heterocycles. The Kier molecular flexibility index (Phi) is 11.4. The van der Waals surface area contributed by atoms with Crippen LogP contribution in [0.15, 0.2) is 49.3 Å². The van der Waals surface area contributed by atoms with Crippen LogP contribution in [0.5, 0.6) is 11.5 Å². The van der Waals surface area contributed by atoms with Crippen LogP contribution in [0.1, 0.15) is 13.8 Å². The molecule has 0 spiro atoms. The van der Waals surface area contributed by atoms with Crippen molar-refractivity contribution >= 4 is 28.9 Å². The van der Waals surface area contributed by atoms with Crippen molar-refractivity contribution in [2.45, 2.75) is 13.8 Å². The van der Waals surface area contributed by atoms with Crippen molar-refractivity contribution in [2.24, 2.45) is 0 Å². The number of nitrogens with zero attached hydrogens (tertiary/aromatic N) is 5. The minimum Gasteiger partial charge on any atom is -0.494 e. The minimum absolute atomic E-state index is 0.126. The highest BCUT2D eigenvalue weighted by Crippen LogP contribution is 2.38. The third-order valence-corrected chi connectivity index (χ3v) is 5.28. The summed E-state index contributed by atoms with van der Waals surface area (Å²) in [5, 5.41) is 5.96. The quantitative estimate of drug-likeness (QED) is 0.348. The van der Waals surface area contributed by atoms with Crippen LogP contribution >= 0.6 is 0 Å². The zero-order valence-corrected chi connectivity index (χ0v) is 23.0. The van der Waals surface area contributed by atoms with Crippen LogP contribution in [0, 0.1) is 5.82 Å². The van der Waals surface area contributed by atoms with Crippen molar-refractivity contribution in [2.75, 3.05) is 64.0 Å². The standard InChI is InChI=1S/C25H30FN7O3.C2H6/c1-7-23(34)29-18-13-19(22(36-6)14-20(18)33(4)11-10-32(2)3)30-25-28-15-27-24(31-25)16-8-9-21(35-5)17(26)12-16;1-2/h7-9,12-15H,1,10-11H2,2-6H3,(H,29,34)(H,27,28,30,31);1-2H3. The lowest BCUT2D eigenvalue weighted by molar-refractivity contribution is -0.111. The van der Waals surface area contributed by atoms with E-state index in [0.717, 1.165) is 18.8 Å². The van der Waals surface area contributed by atoms with Gasteiger partial charge in [0.15, 0.2) is 17.4 Å². The molecule has 0 saturated carbocycles. The van der Waals surface area contributed by atoms with E-state index >= 15 is 0 Å². The van der Waals surface area contributed by atoms with Gasteiger partial charge in [0.2, 0.25) is 11.9 Å². The van der Waals surface area contributed by atoms with E-state index in [-0.39, 0.29) is 23.4 Å². The molecule has 1 aromatic heterocycles. The van der Waals surface area contributed by atoms with Gasteiger partial charge in [-0.3, -0.25) is 4.79 Å². The van der Waals surface area contributed by atoms with Gasteiger partial charge < -0.3 is 29.9 Å². The predicted octanol–water partition coefficient (Wildman–Crippen LogP) is 4.59. The topological polar surface area (TPSA) is 105 Å². The van der Waals surface area contributed by atoms with Gasteiger partial charge >= 0.3 is 0 Å². The molecule has 1 heterocycles. The normalized spacial score (nSPS) is 10.2. The van der Waals surface area contributed by atoms with Gasteiger partial charge in [0.25, 0.3) is 0 Å². The summed E-state index contributed by atoms with van der Waals surface area (Å²) in [5.74, 6) is 0.245. The number of methoxy groups -OCH3 is 2. The fourth-order valence-electron chi connectivity index (χ4n) is 3.33. The van der Waals surface area contributed by atoms with Gasteiger partial charge in [0, 0.05) is 31.8 Å². The summed E-state index contributed by atoms with van der Waals surface area (Å²) in [6.45, 7) is 9.07. The van der Waals surface area contributed by atoms with E-state index in [4.69, 9.17) is 9.47 Å². The molecular formula is C27H36FN7O3. The van der Waals surface area contributed by atoms with Crippen LogP contribution in [0.3, 0.4) is 0 Å². The number of benzene rings is 2. The number of ether oxygens (including phenoxy) is 2. The summed E-state index contributed by atoms with van der Waals surface area (Å²) < 4.78 is 24.8. The number of carbonyl (C=O) groups excluding carboxylic acids is 1. The molecule has 3 aromatic rings. The van der Waals surface area contributed by atoms with Crippen LogP contribution in [0.4, 0.5) is 27.4 Å². The number of halogens is 1. The Labute approximate surface area is 223 Å². The molecule has 0 radical (unpaired) electrons. The number of rotatable bonds is 11. The Morgan fingerprint density at radius 2 is 1.74 bits per heavy atom. The number of anilines is 4. The predicted molar refractivity (Wildman–Crippen MR) is 150 cm³/mol. The molecule has 0 aliphatic carbocycles. The fraction of sp³-hybridized carbons (Fsp3) is 0.333. The molecule has 0 aliphatic heterocycles. The first-order valence-electron chi connectivity index (χ1n) is 12.1. The van der Waals surface area contributed by atoms with Crippen LogP contribution in [-0.2, 0) is 4.79 Å². The highest BCUT2D eigenvalue weighted by atomic mass is 19.1. The van der Waals surface area contributed by atoms with E-state index in [1.165, 1.54) is 31.6 Å². The number of carbonyl (C=O) groups is 1. The number of amides is 1. The Bertz CT molecular complexity index is 1240. The van der Waals surface area contributed by atoms with E-state index in [1.807, 2.05) is 46.0 Å². The molecule has 0 unspecified atom stereocenters. The van der Waals surface area contributed by atoms with E-state index in [1.54, 1.807) is 19.2 Å². The van der Waals surface area contributed by atoms with Gasteiger partial charge in [-0.15, -0.1) is 0 Å². The maximum atomic E-state index is 14.2. The summed E-state index contributed by atoms with van der Waals surface area (Å²) in [6.07, 6.45) is 2.52. The maximum absolute atomic E-state index is 14.2. The van der Waals surface area contributed by atoms with Gasteiger partial charge in [0.1, 0.15) is 12.1 Å². The molecule has 0 atom stereocenters. The molecule has 2 N–H and O–H groups in total. The van der Waals surface area contributed by atoms with Crippen LogP contribution < -0.4 is 25.0 Å². The van der Waals surface area contributed by atoms with Crippen molar-refractivity contribution in [1.82, 2.24) is 19.9 Å². The van der Waals surface area contributed by atoms with Crippen molar-refractivity contribution in [3.8, 4) is 22.9 Å². The monoisotopic (exact) mass is 525 g/mol. The molecule has 204 valence electrons. The smallest absolute Gasteiger partial charge is 0.247 e. The largest absolute Gasteiger partial charge is 0.494 e. The SMILES string of the molecule is C=CC(=O)Nc1cc(Nc2ncnc(-c3ccc(OC)c(F)c3)n2)c(OC)cc1N(C)CCN(C)C.CC. The summed E-state index contributed by atoms with van der Waals surface area (Å²) in [5.41, 5.74) is 2.29. The molecule has 38 heavy (non-hydrogen) atoms. The molecule has 2 aromatic carbocycles. The summed E-state index contributed by atoms with van der Waals surface area (Å²) in [7, 11) is 8.86. The van der Waals surface area contributed by atoms with Gasteiger partial charge in [-0.2, -0.15) is 4.98 Å². The van der Waals surface area contributed by atoms with Crippen molar-refractivity contribution in [3.63, 3.8) is 0 Å². The lowest BCUT2D eigenvalue weighted by Gasteiger charge is -2.26. The lowest BCUT2D eigenvalue weighted by Crippen LogP contribution is -2.29. The zero-order chi connectivity index (χ0) is 28.2. The van der Waals surface area contributed by atoms with Crippen LogP contribution in [0.2, 0.25) is 0 Å². The molecule has 10 nitrogen and oxygen atoms in total. The first-order valence-corrected chi connectivity index (χ1v) is 12.1. The van der Waals surface area contributed by atoms with Gasteiger partial charge in [-0.1, -0.05) is 20.4 Å². The summed E-state index contributed by atoms with van der Waals surface area (Å²) >= 11 is 0. The van der Waals surface area contributed by atoms with Crippen molar-refractivity contribution in [1.29, 1.82) is 0 Å². The van der Waals surface area contributed by atoms with Crippen molar-refractivity contribution < 1.29 is 18.7 Å². The molecule has 1 amide bonds. The van der Waals surface area contributed by atoms with Gasteiger partial charge in [-0.05, 0) is 44.4 Å². The average molecular weight is 526 g/mol. The number of hydrogen-bond donors (Lipinski definition) is 2.